The van der Waals surface area contributed by atoms with Gasteiger partial charge >= 0.3 is 7.27 Å². The Morgan fingerprint density at radius 2 is 1.26 bits per heavy atom. The van der Waals surface area contributed by atoms with E-state index in [-0.39, 0.29) is 5.46 Å². The number of rotatable bonds is 2. The van der Waals surface area contributed by atoms with Crippen molar-refractivity contribution in [3.05, 3.63) is 66.7 Å². The van der Waals surface area contributed by atoms with Crippen molar-refractivity contribution in [1.29, 1.82) is 0 Å². The van der Waals surface area contributed by atoms with Crippen molar-refractivity contribution in [1.82, 2.24) is 0 Å². The summed E-state index contributed by atoms with van der Waals surface area (Å²) in [7, 11) is -2.46. The summed E-state index contributed by atoms with van der Waals surface area (Å²) in [4.78, 5) is 0. The van der Waals surface area contributed by atoms with E-state index >= 15 is 0 Å². The topological polar surface area (TPSA) is 0 Å². The van der Waals surface area contributed by atoms with E-state index in [2.05, 4.69) is 0 Å². The molecular formula is C16H11BF2. The molecular weight excluding hydrogens is 241 g/mol. The van der Waals surface area contributed by atoms with E-state index in [1.807, 2.05) is 42.5 Å². The molecule has 0 saturated carbocycles. The highest BCUT2D eigenvalue weighted by Gasteiger charge is 2.21. The summed E-state index contributed by atoms with van der Waals surface area (Å²) < 4.78 is 26.2. The van der Waals surface area contributed by atoms with Crippen LogP contribution >= 0.6 is 0 Å². The molecule has 0 unspecified atom stereocenters. The van der Waals surface area contributed by atoms with E-state index in [0.717, 1.165) is 16.3 Å². The molecule has 0 fully saturated rings. The molecule has 0 nitrogen and oxygen atoms in total. The second-order valence-electron chi connectivity index (χ2n) is 4.41. The number of benzene rings is 3. The predicted molar refractivity (Wildman–Crippen MR) is 77.0 cm³/mol. The Hall–Kier alpha value is -2.16. The highest BCUT2D eigenvalue weighted by Crippen LogP contribution is 2.27. The lowest BCUT2D eigenvalue weighted by Crippen LogP contribution is -2.22. The van der Waals surface area contributed by atoms with Crippen molar-refractivity contribution in [2.24, 2.45) is 0 Å². The van der Waals surface area contributed by atoms with E-state index in [1.165, 1.54) is 6.07 Å². The van der Waals surface area contributed by atoms with Gasteiger partial charge < -0.3 is 0 Å². The highest BCUT2D eigenvalue weighted by atomic mass is 19.2. The van der Waals surface area contributed by atoms with Crippen LogP contribution in [-0.2, 0) is 0 Å². The molecule has 0 spiro atoms. The van der Waals surface area contributed by atoms with Gasteiger partial charge in [0.05, 0.1) is 0 Å². The fraction of sp³-hybridized carbons (Fsp3) is 0. The summed E-state index contributed by atoms with van der Waals surface area (Å²) in [5.41, 5.74) is 1.54. The lowest BCUT2D eigenvalue weighted by atomic mass is 9.79. The van der Waals surface area contributed by atoms with E-state index in [1.54, 1.807) is 18.2 Å². The van der Waals surface area contributed by atoms with E-state index in [4.69, 9.17) is 0 Å². The quantitative estimate of drug-likeness (QED) is 0.601. The van der Waals surface area contributed by atoms with Crippen molar-refractivity contribution in [2.45, 2.75) is 0 Å². The molecule has 0 aliphatic rings. The molecule has 0 aromatic heterocycles. The SMILES string of the molecule is FB(F)c1ccccc1-c1cccc2ccccc12. The molecule has 0 radical (unpaired) electrons. The molecule has 0 atom stereocenters. The van der Waals surface area contributed by atoms with Crippen LogP contribution in [0.2, 0.25) is 0 Å². The minimum absolute atomic E-state index is 0.0823. The fourth-order valence-corrected chi connectivity index (χ4v) is 2.39. The Morgan fingerprint density at radius 3 is 2.11 bits per heavy atom. The van der Waals surface area contributed by atoms with Gasteiger partial charge in [0.1, 0.15) is 0 Å². The van der Waals surface area contributed by atoms with Gasteiger partial charge in [0, 0.05) is 0 Å². The smallest absolute Gasteiger partial charge is 0.281 e. The Labute approximate surface area is 110 Å². The van der Waals surface area contributed by atoms with Crippen molar-refractivity contribution in [3.63, 3.8) is 0 Å². The summed E-state index contributed by atoms with van der Waals surface area (Å²) >= 11 is 0. The number of hydrogen-bond acceptors (Lipinski definition) is 0. The largest absolute Gasteiger partial charge is 0.572 e. The van der Waals surface area contributed by atoms with Crippen LogP contribution in [0.1, 0.15) is 0 Å². The zero-order valence-corrected chi connectivity index (χ0v) is 10.2. The second kappa shape index (κ2) is 4.85. The van der Waals surface area contributed by atoms with E-state index in [0.29, 0.717) is 5.56 Å². The standard InChI is InChI=1S/C16H11BF2/c18-17(19)16-11-4-3-9-15(16)14-10-5-7-12-6-1-2-8-13(12)14/h1-11H. The first-order valence-corrected chi connectivity index (χ1v) is 6.12. The van der Waals surface area contributed by atoms with Gasteiger partial charge in [-0.25, -0.2) is 0 Å². The molecule has 19 heavy (non-hydrogen) atoms. The van der Waals surface area contributed by atoms with Crippen molar-refractivity contribution in [3.8, 4) is 11.1 Å². The molecule has 0 aliphatic carbocycles. The van der Waals surface area contributed by atoms with Gasteiger partial charge in [0.25, 0.3) is 0 Å². The number of hydrogen-bond donors (Lipinski definition) is 0. The first-order chi connectivity index (χ1) is 9.27. The third kappa shape index (κ3) is 2.12. The van der Waals surface area contributed by atoms with Gasteiger partial charge in [-0.2, -0.15) is 0 Å². The normalized spacial score (nSPS) is 10.6. The summed E-state index contributed by atoms with van der Waals surface area (Å²) in [5, 5.41) is 2.06. The Bertz CT molecular complexity index is 717. The molecule has 3 aromatic rings. The maximum atomic E-state index is 13.1. The zero-order chi connectivity index (χ0) is 13.2. The fourth-order valence-electron chi connectivity index (χ4n) is 2.39. The van der Waals surface area contributed by atoms with E-state index < -0.39 is 7.27 Å². The summed E-state index contributed by atoms with van der Waals surface area (Å²) in [5.74, 6) is 0. The van der Waals surface area contributed by atoms with Gasteiger partial charge in [-0.05, 0) is 27.4 Å². The second-order valence-corrected chi connectivity index (χ2v) is 4.41. The van der Waals surface area contributed by atoms with Crippen LogP contribution in [0, 0.1) is 0 Å². The summed E-state index contributed by atoms with van der Waals surface area (Å²) in [6, 6.07) is 20.3. The van der Waals surface area contributed by atoms with Crippen LogP contribution in [0.15, 0.2) is 66.7 Å². The van der Waals surface area contributed by atoms with Gasteiger partial charge in [-0.1, -0.05) is 66.7 Å². The molecule has 0 saturated heterocycles. The molecule has 0 bridgehead atoms. The molecule has 3 aromatic carbocycles. The third-order valence-electron chi connectivity index (χ3n) is 3.28. The minimum atomic E-state index is -2.46. The maximum Gasteiger partial charge on any atom is 0.572 e. The van der Waals surface area contributed by atoms with E-state index in [9.17, 15) is 8.63 Å². The van der Waals surface area contributed by atoms with Gasteiger partial charge in [0.15, 0.2) is 0 Å². The first kappa shape index (κ1) is 11.9. The molecule has 0 heterocycles. The molecule has 92 valence electrons. The Kier molecular flexibility index (Phi) is 3.04. The lowest BCUT2D eigenvalue weighted by molar-refractivity contribution is 0.685. The van der Waals surface area contributed by atoms with Crippen LogP contribution in [0.3, 0.4) is 0 Å². The van der Waals surface area contributed by atoms with Crippen LogP contribution in [0.4, 0.5) is 8.63 Å². The third-order valence-corrected chi connectivity index (χ3v) is 3.28. The Balaban J connectivity index is 2.31. The average Bonchev–Trinajstić information content (AvgIpc) is 2.46. The molecule has 0 amide bonds. The summed E-state index contributed by atoms with van der Waals surface area (Å²) in [6.07, 6.45) is 0. The average molecular weight is 252 g/mol. The van der Waals surface area contributed by atoms with Crippen molar-refractivity contribution < 1.29 is 8.63 Å². The minimum Gasteiger partial charge on any atom is -0.281 e. The number of fused-ring (bicyclic) bond motifs is 1. The van der Waals surface area contributed by atoms with Gasteiger partial charge in [-0.15, -0.1) is 0 Å². The Morgan fingerprint density at radius 1 is 0.632 bits per heavy atom. The molecule has 0 N–H and O–H groups in total. The molecule has 3 rings (SSSR count). The maximum absolute atomic E-state index is 13.1. The van der Waals surface area contributed by atoms with Crippen molar-refractivity contribution in [2.75, 3.05) is 0 Å². The molecule has 0 aliphatic heterocycles. The first-order valence-electron chi connectivity index (χ1n) is 6.12. The summed E-state index contributed by atoms with van der Waals surface area (Å²) in [6.45, 7) is 0. The predicted octanol–water partition coefficient (Wildman–Crippen LogP) is 4.14. The van der Waals surface area contributed by atoms with Gasteiger partial charge in [-0.3, -0.25) is 8.63 Å². The van der Waals surface area contributed by atoms with Crippen LogP contribution in [-0.4, -0.2) is 7.27 Å². The monoisotopic (exact) mass is 252 g/mol. The van der Waals surface area contributed by atoms with Gasteiger partial charge in [0.2, 0.25) is 0 Å². The number of halogens is 2. The van der Waals surface area contributed by atoms with Crippen LogP contribution in [0.25, 0.3) is 21.9 Å². The van der Waals surface area contributed by atoms with Crippen molar-refractivity contribution >= 4 is 23.5 Å². The zero-order valence-electron chi connectivity index (χ0n) is 10.2. The van der Waals surface area contributed by atoms with Crippen LogP contribution in [0.5, 0.6) is 0 Å². The highest BCUT2D eigenvalue weighted by molar-refractivity contribution is 6.62. The molecule has 3 heteroatoms. The lowest BCUT2D eigenvalue weighted by Gasteiger charge is -2.10. The van der Waals surface area contributed by atoms with Crippen LogP contribution < -0.4 is 5.46 Å².